The van der Waals surface area contributed by atoms with Crippen LogP contribution < -0.4 is 15.4 Å². The molecule has 210 valence electrons. The van der Waals surface area contributed by atoms with E-state index in [4.69, 9.17) is 33.7 Å². The third-order valence-corrected chi connectivity index (χ3v) is 8.82. The van der Waals surface area contributed by atoms with Crippen LogP contribution >= 0.6 is 39.1 Å². The average Bonchev–Trinajstić information content (AvgIpc) is 2.89. The van der Waals surface area contributed by atoms with Crippen LogP contribution in [0.15, 0.2) is 81.7 Å². The first-order chi connectivity index (χ1) is 19.4. The fourth-order valence-electron chi connectivity index (χ4n) is 5.86. The maximum atomic E-state index is 14.0. The number of allylic oxidation sites excluding steroid dienone is 3. The molecule has 0 saturated carbocycles. The Bertz CT molecular complexity index is 1670. The van der Waals surface area contributed by atoms with Crippen molar-refractivity contribution in [2.75, 3.05) is 4.90 Å². The topological polar surface area (TPSA) is 79.3 Å². The highest BCUT2D eigenvalue weighted by Crippen LogP contribution is 2.52. The molecule has 1 aliphatic carbocycles. The van der Waals surface area contributed by atoms with Gasteiger partial charge >= 0.3 is 0 Å². The van der Waals surface area contributed by atoms with Gasteiger partial charge < -0.3 is 10.5 Å². The minimum atomic E-state index is -0.604. The average molecular weight is 651 g/mol. The van der Waals surface area contributed by atoms with Crippen molar-refractivity contribution in [3.8, 4) is 11.8 Å². The Morgan fingerprint density at radius 1 is 1.10 bits per heavy atom. The monoisotopic (exact) mass is 649 g/mol. The van der Waals surface area contributed by atoms with Crippen LogP contribution in [0.1, 0.15) is 54.9 Å². The normalized spacial score (nSPS) is 18.3. The quantitative estimate of drug-likeness (QED) is 0.298. The summed E-state index contributed by atoms with van der Waals surface area (Å²) in [6.07, 6.45) is 0.959. The predicted molar refractivity (Wildman–Crippen MR) is 168 cm³/mol. The second kappa shape index (κ2) is 11.2. The molecular formula is C33H30BrCl2N3O2. The van der Waals surface area contributed by atoms with Gasteiger partial charge in [0.05, 0.1) is 28.3 Å². The third kappa shape index (κ3) is 5.64. The molecule has 3 aromatic carbocycles. The van der Waals surface area contributed by atoms with Gasteiger partial charge in [-0.1, -0.05) is 70.7 Å². The predicted octanol–water partition coefficient (Wildman–Crippen LogP) is 8.89. The Hall–Kier alpha value is -3.24. The van der Waals surface area contributed by atoms with Crippen molar-refractivity contribution < 1.29 is 9.53 Å². The maximum absolute atomic E-state index is 14.0. The van der Waals surface area contributed by atoms with Crippen molar-refractivity contribution in [2.24, 2.45) is 11.1 Å². The molecule has 3 aromatic rings. The lowest BCUT2D eigenvalue weighted by atomic mass is 9.68. The van der Waals surface area contributed by atoms with Crippen LogP contribution in [-0.4, -0.2) is 5.78 Å². The Labute approximate surface area is 259 Å². The molecule has 0 saturated heterocycles. The first-order valence-corrected chi connectivity index (χ1v) is 14.8. The van der Waals surface area contributed by atoms with Gasteiger partial charge in [-0.15, -0.1) is 0 Å². The second-order valence-corrected chi connectivity index (χ2v) is 13.2. The molecule has 1 atom stereocenters. The number of carbonyl (C=O) groups is 1. The van der Waals surface area contributed by atoms with Crippen LogP contribution in [0.25, 0.3) is 0 Å². The van der Waals surface area contributed by atoms with E-state index in [0.29, 0.717) is 46.3 Å². The summed E-state index contributed by atoms with van der Waals surface area (Å²) in [6, 6.07) is 19.3. The van der Waals surface area contributed by atoms with Crippen LogP contribution in [0.3, 0.4) is 0 Å². The summed E-state index contributed by atoms with van der Waals surface area (Å²) in [5.74, 6) is 0.414. The lowest BCUT2D eigenvalue weighted by Gasteiger charge is -2.44. The van der Waals surface area contributed by atoms with Gasteiger partial charge in [0.25, 0.3) is 0 Å². The van der Waals surface area contributed by atoms with Crippen LogP contribution in [0.5, 0.6) is 5.75 Å². The van der Waals surface area contributed by atoms with Gasteiger partial charge in [-0.2, -0.15) is 5.26 Å². The molecule has 0 spiro atoms. The summed E-state index contributed by atoms with van der Waals surface area (Å²) < 4.78 is 7.09. The third-order valence-electron chi connectivity index (χ3n) is 7.75. The van der Waals surface area contributed by atoms with Gasteiger partial charge in [0.15, 0.2) is 5.78 Å². The summed E-state index contributed by atoms with van der Waals surface area (Å²) in [5, 5.41) is 11.4. The Morgan fingerprint density at radius 2 is 1.80 bits per heavy atom. The summed E-state index contributed by atoms with van der Waals surface area (Å²) in [6.45, 7) is 8.51. The van der Waals surface area contributed by atoms with E-state index in [9.17, 15) is 10.1 Å². The van der Waals surface area contributed by atoms with Gasteiger partial charge in [-0.25, -0.2) is 0 Å². The number of hydrogen-bond acceptors (Lipinski definition) is 5. The number of hydrogen-bond donors (Lipinski definition) is 1. The van der Waals surface area contributed by atoms with E-state index in [1.54, 1.807) is 23.1 Å². The molecule has 0 fully saturated rings. The molecule has 5 rings (SSSR count). The van der Waals surface area contributed by atoms with E-state index in [1.807, 2.05) is 38.1 Å². The summed E-state index contributed by atoms with van der Waals surface area (Å²) in [4.78, 5) is 15.8. The number of nitrogens with zero attached hydrogens (tertiary/aromatic N) is 2. The standard InChI is InChI=1S/C33H30BrCl2N3O2/c1-18-11-20(17-41-23-8-5-21(34)6-9-23)19(2)24(12-18)30-25(16-37)32(38)39(27-10-7-22(35)13-26(27)36)28-14-33(3,4)15-29(40)31(28)30/h5-13,30H,14-15,17,38H2,1-4H3. The van der Waals surface area contributed by atoms with Gasteiger partial charge in [0.2, 0.25) is 0 Å². The number of carbonyl (C=O) groups excluding carboxylic acids is 1. The number of nitrogens with two attached hydrogens (primary N) is 1. The highest BCUT2D eigenvalue weighted by molar-refractivity contribution is 9.10. The lowest BCUT2D eigenvalue weighted by Crippen LogP contribution is -2.42. The minimum Gasteiger partial charge on any atom is -0.489 e. The number of benzene rings is 3. The van der Waals surface area contributed by atoms with Crippen LogP contribution in [-0.2, 0) is 11.4 Å². The molecule has 1 aliphatic heterocycles. The molecule has 41 heavy (non-hydrogen) atoms. The van der Waals surface area contributed by atoms with Crippen molar-refractivity contribution >= 4 is 50.6 Å². The van der Waals surface area contributed by atoms with Gasteiger partial charge in [-0.3, -0.25) is 9.69 Å². The van der Waals surface area contributed by atoms with E-state index in [1.165, 1.54) is 0 Å². The number of halogens is 3. The zero-order valence-corrected chi connectivity index (χ0v) is 26.4. The van der Waals surface area contributed by atoms with E-state index < -0.39 is 5.92 Å². The number of aryl methyl sites for hydroxylation is 1. The first kappa shape index (κ1) is 29.3. The van der Waals surface area contributed by atoms with Crippen LogP contribution in [0, 0.1) is 30.6 Å². The number of nitriles is 1. The van der Waals surface area contributed by atoms with E-state index in [-0.39, 0.29) is 17.0 Å². The van der Waals surface area contributed by atoms with E-state index >= 15 is 0 Å². The van der Waals surface area contributed by atoms with Gasteiger partial charge in [0.1, 0.15) is 18.2 Å². The van der Waals surface area contributed by atoms with Crippen LogP contribution in [0.4, 0.5) is 5.69 Å². The number of ketones is 1. The number of rotatable bonds is 5. The van der Waals surface area contributed by atoms with Crippen molar-refractivity contribution in [2.45, 2.75) is 53.1 Å². The molecule has 5 nitrogen and oxygen atoms in total. The lowest BCUT2D eigenvalue weighted by molar-refractivity contribution is -0.118. The van der Waals surface area contributed by atoms with Gasteiger partial charge in [0, 0.05) is 27.2 Å². The first-order valence-electron chi connectivity index (χ1n) is 13.3. The molecule has 2 aliphatic rings. The second-order valence-electron chi connectivity index (χ2n) is 11.5. The molecule has 1 unspecified atom stereocenters. The Morgan fingerprint density at radius 3 is 2.46 bits per heavy atom. The zero-order valence-electron chi connectivity index (χ0n) is 23.3. The largest absolute Gasteiger partial charge is 0.489 e. The molecule has 1 heterocycles. The Kier molecular flexibility index (Phi) is 8.00. The van der Waals surface area contributed by atoms with E-state index in [2.05, 4.69) is 48.0 Å². The summed E-state index contributed by atoms with van der Waals surface area (Å²) >= 11 is 16.3. The van der Waals surface area contributed by atoms with Gasteiger partial charge in [-0.05, 0) is 84.8 Å². The van der Waals surface area contributed by atoms with Crippen molar-refractivity contribution in [1.29, 1.82) is 5.26 Å². The van der Waals surface area contributed by atoms with Crippen molar-refractivity contribution in [1.82, 2.24) is 0 Å². The van der Waals surface area contributed by atoms with E-state index in [0.717, 1.165) is 38.2 Å². The van der Waals surface area contributed by atoms with Crippen molar-refractivity contribution in [3.05, 3.63) is 114 Å². The highest BCUT2D eigenvalue weighted by atomic mass is 79.9. The smallest absolute Gasteiger partial charge is 0.162 e. The van der Waals surface area contributed by atoms with Crippen LogP contribution in [0.2, 0.25) is 10.0 Å². The molecule has 2 N–H and O–H groups in total. The highest BCUT2D eigenvalue weighted by Gasteiger charge is 2.45. The molecular weight excluding hydrogens is 621 g/mol. The number of Topliss-reactive ketones (excluding diaryl/α,β-unsaturated/α-hetero) is 1. The number of anilines is 1. The molecule has 0 bridgehead atoms. The number of ether oxygens (including phenoxy) is 1. The zero-order chi connectivity index (χ0) is 29.6. The molecule has 0 aromatic heterocycles. The molecule has 0 radical (unpaired) electrons. The minimum absolute atomic E-state index is 0.00477. The summed E-state index contributed by atoms with van der Waals surface area (Å²) in [7, 11) is 0. The van der Waals surface area contributed by atoms with Crippen molar-refractivity contribution in [3.63, 3.8) is 0 Å². The summed E-state index contributed by atoms with van der Waals surface area (Å²) in [5.41, 5.74) is 12.6. The molecule has 0 amide bonds. The SMILES string of the molecule is Cc1cc(COc2ccc(Br)cc2)c(C)c(C2C(C#N)=C(N)N(c3ccc(Cl)cc3Cl)C3=C2C(=O)CC(C)(C)C3)c1. The maximum Gasteiger partial charge on any atom is 0.162 e. The fourth-order valence-corrected chi connectivity index (χ4v) is 6.62. The Balaban J connectivity index is 1.68. The molecule has 8 heteroatoms. The fraction of sp³-hybridized carbons (Fsp3) is 0.273.